The summed E-state index contributed by atoms with van der Waals surface area (Å²) in [6.45, 7) is 0. The number of nitrogens with zero attached hydrogens (tertiary/aromatic N) is 2. The molecule has 0 N–H and O–H groups in total. The molecule has 2 nitrogen and oxygen atoms in total. The van der Waals surface area contributed by atoms with Crippen LogP contribution in [0.5, 0.6) is 0 Å². The molecule has 1 rings (SSSR count). The normalized spacial score (nSPS) is 10.4. The van der Waals surface area contributed by atoms with Gasteiger partial charge >= 0.3 is 0 Å². The fourth-order valence-corrected chi connectivity index (χ4v) is 1.90. The van der Waals surface area contributed by atoms with Crippen molar-refractivity contribution < 1.29 is 8.78 Å². The maximum absolute atomic E-state index is 12.6. The minimum atomic E-state index is -2.64. The van der Waals surface area contributed by atoms with Crippen LogP contribution in [0.25, 0.3) is 0 Å². The van der Waals surface area contributed by atoms with Gasteiger partial charge in [0.25, 0.3) is 6.43 Å². The van der Waals surface area contributed by atoms with E-state index >= 15 is 0 Å². The Morgan fingerprint density at radius 2 is 2.27 bits per heavy atom. The molecule has 0 saturated carbocycles. The third kappa shape index (κ3) is 2.86. The molecule has 15 heavy (non-hydrogen) atoms. The number of hydrogen-bond donors (Lipinski definition) is 0. The maximum Gasteiger partial charge on any atom is 0.265 e. The Morgan fingerprint density at radius 3 is 2.73 bits per heavy atom. The standard InChI is InChI=1S/C9H6BrClF2N2/c10-4-5-3-6(9(12)13)7(1-2-14)15-8(5)11/h3,9H,1,4H2. The molecule has 1 aromatic rings. The van der Waals surface area contributed by atoms with Gasteiger partial charge in [-0.25, -0.2) is 13.8 Å². The van der Waals surface area contributed by atoms with Gasteiger partial charge in [-0.15, -0.1) is 0 Å². The number of pyridine rings is 1. The quantitative estimate of drug-likeness (QED) is 0.630. The molecule has 0 spiro atoms. The summed E-state index contributed by atoms with van der Waals surface area (Å²) >= 11 is 8.87. The lowest BCUT2D eigenvalue weighted by molar-refractivity contribution is 0.150. The molecule has 1 aromatic heterocycles. The average Bonchev–Trinajstić information content (AvgIpc) is 2.18. The topological polar surface area (TPSA) is 36.7 Å². The van der Waals surface area contributed by atoms with E-state index in [1.54, 1.807) is 6.07 Å². The van der Waals surface area contributed by atoms with Gasteiger partial charge in [0, 0.05) is 16.5 Å². The van der Waals surface area contributed by atoms with Crippen LogP contribution in [-0.2, 0) is 11.8 Å². The summed E-state index contributed by atoms with van der Waals surface area (Å²) in [4.78, 5) is 3.79. The average molecular weight is 296 g/mol. The number of alkyl halides is 3. The van der Waals surface area contributed by atoms with Crippen LogP contribution in [0.3, 0.4) is 0 Å². The summed E-state index contributed by atoms with van der Waals surface area (Å²) in [5, 5.41) is 8.96. The fourth-order valence-electron chi connectivity index (χ4n) is 1.08. The second-order valence-corrected chi connectivity index (χ2v) is 3.66. The van der Waals surface area contributed by atoms with Crippen LogP contribution in [0.15, 0.2) is 6.07 Å². The van der Waals surface area contributed by atoms with Crippen molar-refractivity contribution in [3.05, 3.63) is 28.0 Å². The predicted octanol–water partition coefficient (Wildman–Crippen LogP) is 3.63. The molecule has 0 fully saturated rings. The van der Waals surface area contributed by atoms with Crippen molar-refractivity contribution in [1.82, 2.24) is 4.98 Å². The van der Waals surface area contributed by atoms with Gasteiger partial charge in [0.2, 0.25) is 0 Å². The molecule has 0 amide bonds. The summed E-state index contributed by atoms with van der Waals surface area (Å²) in [6.07, 6.45) is -2.81. The predicted molar refractivity (Wildman–Crippen MR) is 56.2 cm³/mol. The molecule has 1 heterocycles. The number of hydrogen-bond acceptors (Lipinski definition) is 2. The molecule has 0 aromatic carbocycles. The lowest BCUT2D eigenvalue weighted by atomic mass is 10.1. The molecular weight excluding hydrogens is 289 g/mol. The number of aromatic nitrogens is 1. The van der Waals surface area contributed by atoms with E-state index in [2.05, 4.69) is 20.9 Å². The van der Waals surface area contributed by atoms with Crippen molar-refractivity contribution in [2.45, 2.75) is 18.2 Å². The monoisotopic (exact) mass is 294 g/mol. The largest absolute Gasteiger partial charge is 0.265 e. The van der Waals surface area contributed by atoms with Crippen LogP contribution < -0.4 is 0 Å². The molecule has 0 bridgehead atoms. The Morgan fingerprint density at radius 1 is 1.60 bits per heavy atom. The Bertz CT molecular complexity index is 404. The Hall–Kier alpha value is -0.730. The smallest absolute Gasteiger partial charge is 0.239 e. The second-order valence-electron chi connectivity index (χ2n) is 2.74. The summed E-state index contributed by atoms with van der Waals surface area (Å²) in [6, 6.07) is 3.06. The molecule has 0 aliphatic carbocycles. The Labute approximate surface area is 99.0 Å². The van der Waals surface area contributed by atoms with Crippen LogP contribution in [0, 0.1) is 11.3 Å². The van der Waals surface area contributed by atoms with E-state index in [1.807, 2.05) is 0 Å². The first-order valence-corrected chi connectivity index (χ1v) is 5.49. The van der Waals surface area contributed by atoms with E-state index in [-0.39, 0.29) is 22.8 Å². The Balaban J connectivity index is 3.26. The van der Waals surface area contributed by atoms with Crippen LogP contribution >= 0.6 is 27.5 Å². The zero-order chi connectivity index (χ0) is 11.4. The van der Waals surface area contributed by atoms with Crippen molar-refractivity contribution in [1.29, 1.82) is 5.26 Å². The van der Waals surface area contributed by atoms with Crippen molar-refractivity contribution in [2.24, 2.45) is 0 Å². The van der Waals surface area contributed by atoms with E-state index in [9.17, 15) is 8.78 Å². The highest BCUT2D eigenvalue weighted by Crippen LogP contribution is 2.27. The third-order valence-corrected chi connectivity index (χ3v) is 2.72. The molecule has 0 radical (unpaired) electrons. The molecular formula is C9H6BrClF2N2. The zero-order valence-corrected chi connectivity index (χ0v) is 9.82. The molecule has 0 aliphatic rings. The Kier molecular flexibility index (Phi) is 4.43. The van der Waals surface area contributed by atoms with Gasteiger partial charge in [-0.2, -0.15) is 5.26 Å². The lowest BCUT2D eigenvalue weighted by Gasteiger charge is -2.08. The maximum atomic E-state index is 12.6. The van der Waals surface area contributed by atoms with Gasteiger partial charge < -0.3 is 0 Å². The first-order valence-electron chi connectivity index (χ1n) is 3.99. The number of halogens is 4. The first-order chi connectivity index (χ1) is 7.10. The van der Waals surface area contributed by atoms with Gasteiger partial charge in [0.1, 0.15) is 5.15 Å². The minimum Gasteiger partial charge on any atom is -0.239 e. The van der Waals surface area contributed by atoms with Crippen molar-refractivity contribution >= 4 is 27.5 Å². The van der Waals surface area contributed by atoms with Crippen LogP contribution in [-0.4, -0.2) is 4.98 Å². The van der Waals surface area contributed by atoms with Crippen molar-refractivity contribution in [3.8, 4) is 6.07 Å². The van der Waals surface area contributed by atoms with Crippen molar-refractivity contribution in [3.63, 3.8) is 0 Å². The van der Waals surface area contributed by atoms with Crippen LogP contribution in [0.4, 0.5) is 8.78 Å². The highest BCUT2D eigenvalue weighted by molar-refractivity contribution is 9.08. The number of rotatable bonds is 3. The second kappa shape index (κ2) is 5.38. The number of nitriles is 1. The summed E-state index contributed by atoms with van der Waals surface area (Å²) < 4.78 is 25.2. The fraction of sp³-hybridized carbons (Fsp3) is 0.333. The highest BCUT2D eigenvalue weighted by atomic mass is 79.9. The van der Waals surface area contributed by atoms with Crippen molar-refractivity contribution in [2.75, 3.05) is 0 Å². The van der Waals surface area contributed by atoms with Gasteiger partial charge in [-0.1, -0.05) is 27.5 Å². The first kappa shape index (κ1) is 12.3. The SMILES string of the molecule is N#CCc1nc(Cl)c(CBr)cc1C(F)F. The van der Waals surface area contributed by atoms with E-state index in [0.717, 1.165) is 0 Å². The van der Waals surface area contributed by atoms with Gasteiger partial charge in [0.05, 0.1) is 18.2 Å². The minimum absolute atomic E-state index is 0.0437. The third-order valence-electron chi connectivity index (χ3n) is 1.79. The van der Waals surface area contributed by atoms with Gasteiger partial charge in [0.15, 0.2) is 0 Å². The lowest BCUT2D eigenvalue weighted by Crippen LogP contribution is -2.00. The summed E-state index contributed by atoms with van der Waals surface area (Å²) in [5.74, 6) is 0. The summed E-state index contributed by atoms with van der Waals surface area (Å²) in [7, 11) is 0. The summed E-state index contributed by atoms with van der Waals surface area (Å²) in [5.41, 5.74) is 0.311. The molecule has 0 unspecified atom stereocenters. The molecule has 0 atom stereocenters. The van der Waals surface area contributed by atoms with E-state index in [4.69, 9.17) is 16.9 Å². The highest BCUT2D eigenvalue weighted by Gasteiger charge is 2.17. The van der Waals surface area contributed by atoms with E-state index in [0.29, 0.717) is 10.9 Å². The van der Waals surface area contributed by atoms with Crippen LogP contribution in [0.2, 0.25) is 5.15 Å². The molecule has 0 saturated heterocycles. The van der Waals surface area contributed by atoms with E-state index in [1.165, 1.54) is 6.07 Å². The van der Waals surface area contributed by atoms with E-state index < -0.39 is 6.43 Å². The zero-order valence-electron chi connectivity index (χ0n) is 7.48. The van der Waals surface area contributed by atoms with Crippen LogP contribution in [0.1, 0.15) is 23.2 Å². The van der Waals surface area contributed by atoms with Gasteiger partial charge in [-0.05, 0) is 6.07 Å². The molecule has 0 aliphatic heterocycles. The molecule has 6 heteroatoms. The van der Waals surface area contributed by atoms with Gasteiger partial charge in [-0.3, -0.25) is 0 Å². The molecule has 80 valence electrons.